The van der Waals surface area contributed by atoms with Gasteiger partial charge in [-0.2, -0.15) is 0 Å². The van der Waals surface area contributed by atoms with Gasteiger partial charge in [0.05, 0.1) is 11.3 Å². The van der Waals surface area contributed by atoms with Gasteiger partial charge in [-0.1, -0.05) is 12.8 Å². The Kier molecular flexibility index (Phi) is 5.61. The number of nitrogens with zero attached hydrogens (tertiary/aromatic N) is 1. The smallest absolute Gasteiger partial charge is 0.240 e. The minimum absolute atomic E-state index is 0. The Morgan fingerprint density at radius 2 is 1.89 bits per heavy atom. The summed E-state index contributed by atoms with van der Waals surface area (Å²) in [5.41, 5.74) is 5.27. The number of carbonyl (C=O) groups is 1. The predicted molar refractivity (Wildman–Crippen MR) is 75.6 cm³/mol. The zero-order chi connectivity index (χ0) is 13.2. The van der Waals surface area contributed by atoms with Crippen LogP contribution in [0.5, 0.6) is 0 Å². The molecule has 2 fully saturated rings. The number of halogens is 1. The van der Waals surface area contributed by atoms with Crippen LogP contribution in [0.15, 0.2) is 0 Å². The maximum absolute atomic E-state index is 11.9. The van der Waals surface area contributed by atoms with Gasteiger partial charge in [-0.3, -0.25) is 4.79 Å². The van der Waals surface area contributed by atoms with Gasteiger partial charge in [-0.05, 0) is 19.3 Å². The van der Waals surface area contributed by atoms with Crippen LogP contribution in [0.4, 0.5) is 0 Å². The zero-order valence-electron chi connectivity index (χ0n) is 10.9. The van der Waals surface area contributed by atoms with Crippen LogP contribution in [-0.2, 0) is 14.8 Å². The summed E-state index contributed by atoms with van der Waals surface area (Å²) in [6.07, 6.45) is 4.10. The molecule has 3 N–H and O–H groups in total. The van der Waals surface area contributed by atoms with Gasteiger partial charge < -0.3 is 11.1 Å². The van der Waals surface area contributed by atoms with Crippen LogP contribution in [-0.4, -0.2) is 49.6 Å². The summed E-state index contributed by atoms with van der Waals surface area (Å²) >= 11 is 0. The van der Waals surface area contributed by atoms with E-state index in [-0.39, 0.29) is 24.1 Å². The summed E-state index contributed by atoms with van der Waals surface area (Å²) in [6.45, 7) is 1.26. The Hall–Kier alpha value is -0.370. The van der Waals surface area contributed by atoms with Crippen LogP contribution in [0.1, 0.15) is 32.1 Å². The number of amides is 1. The number of nitrogens with two attached hydrogens (primary N) is 1. The molecule has 0 aromatic rings. The van der Waals surface area contributed by atoms with Gasteiger partial charge in [-0.25, -0.2) is 12.7 Å². The molecule has 6 nitrogen and oxygen atoms in total. The quantitative estimate of drug-likeness (QED) is 0.754. The third-order valence-corrected chi connectivity index (χ3v) is 5.75. The molecule has 0 spiro atoms. The summed E-state index contributed by atoms with van der Waals surface area (Å²) in [5.74, 6) is 0.0819. The second-order valence-corrected chi connectivity index (χ2v) is 7.28. The average molecular weight is 312 g/mol. The largest absolute Gasteiger partial charge is 0.353 e. The van der Waals surface area contributed by atoms with Crippen molar-refractivity contribution < 1.29 is 13.2 Å². The fraction of sp³-hybridized carbons (Fsp3) is 0.909. The summed E-state index contributed by atoms with van der Waals surface area (Å²) in [6, 6.07) is 0. The molecule has 1 heterocycles. The molecule has 0 unspecified atom stereocenters. The molecule has 2 aliphatic rings. The second kappa shape index (κ2) is 6.39. The van der Waals surface area contributed by atoms with Gasteiger partial charge in [0.2, 0.25) is 15.9 Å². The standard InChI is InChI=1S/C11H21N3O3S.ClH/c12-11(4-1-2-5-11)10(15)13-6-8-14-7-3-9-18(14,16)17;/h1-9,12H2,(H,13,15);1H. The average Bonchev–Trinajstić information content (AvgIpc) is 2.87. The number of hydrogen-bond acceptors (Lipinski definition) is 4. The molecule has 0 aromatic heterocycles. The molecule has 0 atom stereocenters. The fourth-order valence-electron chi connectivity index (χ4n) is 2.65. The number of hydrogen-bond donors (Lipinski definition) is 2. The fourth-order valence-corrected chi connectivity index (χ4v) is 4.17. The second-order valence-electron chi connectivity index (χ2n) is 5.19. The minimum atomic E-state index is -3.07. The first kappa shape index (κ1) is 16.7. The van der Waals surface area contributed by atoms with E-state index in [4.69, 9.17) is 5.73 Å². The molecular formula is C11H22ClN3O3S. The van der Waals surface area contributed by atoms with E-state index in [1.54, 1.807) is 0 Å². The monoisotopic (exact) mass is 311 g/mol. The summed E-state index contributed by atoms with van der Waals surface area (Å²) in [7, 11) is -3.07. The first-order chi connectivity index (χ1) is 8.44. The van der Waals surface area contributed by atoms with Crippen molar-refractivity contribution in [2.24, 2.45) is 5.73 Å². The van der Waals surface area contributed by atoms with E-state index in [2.05, 4.69) is 5.32 Å². The number of rotatable bonds is 4. The van der Waals surface area contributed by atoms with Gasteiger partial charge in [0.1, 0.15) is 0 Å². The van der Waals surface area contributed by atoms with Crippen molar-refractivity contribution in [1.29, 1.82) is 0 Å². The van der Waals surface area contributed by atoms with Crippen LogP contribution < -0.4 is 11.1 Å². The molecule has 8 heteroatoms. The molecule has 1 aliphatic carbocycles. The lowest BCUT2D eigenvalue weighted by molar-refractivity contribution is -0.126. The van der Waals surface area contributed by atoms with Crippen molar-refractivity contribution in [2.45, 2.75) is 37.6 Å². The van der Waals surface area contributed by atoms with E-state index >= 15 is 0 Å². The van der Waals surface area contributed by atoms with E-state index in [0.29, 0.717) is 26.1 Å². The molecule has 2 rings (SSSR count). The highest BCUT2D eigenvalue weighted by Crippen LogP contribution is 2.27. The van der Waals surface area contributed by atoms with E-state index in [9.17, 15) is 13.2 Å². The van der Waals surface area contributed by atoms with Crippen LogP contribution in [0.25, 0.3) is 0 Å². The summed E-state index contributed by atoms with van der Waals surface area (Å²) in [4.78, 5) is 11.9. The highest BCUT2D eigenvalue weighted by atomic mass is 35.5. The van der Waals surface area contributed by atoms with Crippen molar-refractivity contribution in [1.82, 2.24) is 9.62 Å². The predicted octanol–water partition coefficient (Wildman–Crippen LogP) is -0.169. The lowest BCUT2D eigenvalue weighted by atomic mass is 9.98. The lowest BCUT2D eigenvalue weighted by Gasteiger charge is -2.23. The molecule has 0 bridgehead atoms. The van der Waals surface area contributed by atoms with Crippen LogP contribution in [0.3, 0.4) is 0 Å². The van der Waals surface area contributed by atoms with Crippen LogP contribution >= 0.6 is 12.4 Å². The molecular weight excluding hydrogens is 290 g/mol. The molecule has 0 aromatic carbocycles. The van der Waals surface area contributed by atoms with Gasteiger partial charge >= 0.3 is 0 Å². The van der Waals surface area contributed by atoms with Gasteiger partial charge in [0.15, 0.2) is 0 Å². The van der Waals surface area contributed by atoms with Crippen molar-refractivity contribution >= 4 is 28.3 Å². The number of sulfonamides is 1. The first-order valence-electron chi connectivity index (χ1n) is 6.49. The summed E-state index contributed by atoms with van der Waals surface area (Å²) in [5, 5.41) is 2.76. The molecule has 112 valence electrons. The third kappa shape index (κ3) is 3.81. The maximum Gasteiger partial charge on any atom is 0.240 e. The van der Waals surface area contributed by atoms with Crippen LogP contribution in [0.2, 0.25) is 0 Å². The Labute approximate surface area is 120 Å². The lowest BCUT2D eigenvalue weighted by Crippen LogP contribution is -2.53. The van der Waals surface area contributed by atoms with E-state index < -0.39 is 15.6 Å². The van der Waals surface area contributed by atoms with Gasteiger partial charge in [-0.15, -0.1) is 12.4 Å². The molecule has 1 aliphatic heterocycles. The number of carbonyl (C=O) groups excluding carboxylic acids is 1. The Balaban J connectivity index is 0.00000180. The topological polar surface area (TPSA) is 92.5 Å². The summed E-state index contributed by atoms with van der Waals surface area (Å²) < 4.78 is 24.5. The van der Waals surface area contributed by atoms with Crippen molar-refractivity contribution in [2.75, 3.05) is 25.4 Å². The minimum Gasteiger partial charge on any atom is -0.353 e. The highest BCUT2D eigenvalue weighted by molar-refractivity contribution is 7.89. The maximum atomic E-state index is 11.9. The number of nitrogens with one attached hydrogen (secondary N) is 1. The molecule has 0 radical (unpaired) electrons. The van der Waals surface area contributed by atoms with Crippen molar-refractivity contribution in [3.63, 3.8) is 0 Å². The molecule has 1 saturated carbocycles. The Morgan fingerprint density at radius 3 is 2.42 bits per heavy atom. The van der Waals surface area contributed by atoms with Crippen molar-refractivity contribution in [3.05, 3.63) is 0 Å². The molecule has 19 heavy (non-hydrogen) atoms. The molecule has 1 saturated heterocycles. The van der Waals surface area contributed by atoms with Gasteiger partial charge in [0.25, 0.3) is 0 Å². The zero-order valence-corrected chi connectivity index (χ0v) is 12.6. The highest BCUT2D eigenvalue weighted by Gasteiger charge is 2.37. The van der Waals surface area contributed by atoms with E-state index in [1.165, 1.54) is 4.31 Å². The SMILES string of the molecule is Cl.NC1(C(=O)NCCN2CCCS2(=O)=O)CCCC1. The van der Waals surface area contributed by atoms with Crippen molar-refractivity contribution in [3.8, 4) is 0 Å². The van der Waals surface area contributed by atoms with Gasteiger partial charge in [0, 0.05) is 19.6 Å². The van der Waals surface area contributed by atoms with E-state index in [0.717, 1.165) is 25.7 Å². The van der Waals surface area contributed by atoms with E-state index in [1.807, 2.05) is 0 Å². The van der Waals surface area contributed by atoms with Crippen LogP contribution in [0, 0.1) is 0 Å². The molecule has 1 amide bonds. The Morgan fingerprint density at radius 1 is 1.26 bits per heavy atom. The normalized spacial score (nSPS) is 24.9. The Bertz CT molecular complexity index is 421. The first-order valence-corrected chi connectivity index (χ1v) is 8.10. The third-order valence-electron chi connectivity index (χ3n) is 3.80.